The lowest BCUT2D eigenvalue weighted by molar-refractivity contribution is -0.149. The van der Waals surface area contributed by atoms with Crippen LogP contribution in [0.5, 0.6) is 5.75 Å². The molecule has 2 N–H and O–H groups in total. The van der Waals surface area contributed by atoms with Crippen LogP contribution in [-0.2, 0) is 32.1 Å². The summed E-state index contributed by atoms with van der Waals surface area (Å²) in [5, 5.41) is 13.0. The third-order valence-electron chi connectivity index (χ3n) is 7.87. The van der Waals surface area contributed by atoms with Gasteiger partial charge in [0, 0.05) is 31.7 Å². The van der Waals surface area contributed by atoms with Crippen LogP contribution < -0.4 is 10.1 Å². The molecule has 2 aliphatic rings. The molecule has 238 valence electrons. The Balaban J connectivity index is 1.21. The number of imide groups is 1. The number of nitrogens with zero attached hydrogens (tertiary/aromatic N) is 3. The van der Waals surface area contributed by atoms with Gasteiger partial charge in [-0.1, -0.05) is 24.3 Å². The number of anilines is 1. The molecule has 2 aliphatic heterocycles. The van der Waals surface area contributed by atoms with Crippen LogP contribution in [0.1, 0.15) is 57.6 Å². The van der Waals surface area contributed by atoms with Crippen LogP contribution in [0.25, 0.3) is 0 Å². The van der Waals surface area contributed by atoms with Gasteiger partial charge in [0.1, 0.15) is 23.4 Å². The van der Waals surface area contributed by atoms with Gasteiger partial charge < -0.3 is 19.9 Å². The molecule has 3 amide bonds. The average molecular weight is 609 g/mol. The van der Waals surface area contributed by atoms with Crippen LogP contribution in [-0.4, -0.2) is 94.7 Å². The van der Waals surface area contributed by atoms with E-state index in [1.54, 1.807) is 27.9 Å². The second-order valence-corrected chi connectivity index (χ2v) is 12.4. The highest BCUT2D eigenvalue weighted by Gasteiger charge is 2.37. The van der Waals surface area contributed by atoms with Crippen LogP contribution in [0, 0.1) is 0 Å². The number of likely N-dealkylation sites (tertiary alicyclic amines) is 1. The third kappa shape index (κ3) is 8.95. The zero-order valence-corrected chi connectivity index (χ0v) is 26.1. The zero-order valence-electron chi connectivity index (χ0n) is 26.1. The van der Waals surface area contributed by atoms with Crippen LogP contribution in [0.3, 0.4) is 0 Å². The number of ether oxygens (including phenoxy) is 2. The van der Waals surface area contributed by atoms with Crippen LogP contribution in [0.15, 0.2) is 48.5 Å². The molecule has 44 heavy (non-hydrogen) atoms. The molecule has 0 saturated carbocycles. The van der Waals surface area contributed by atoms with Gasteiger partial charge in [-0.15, -0.1) is 0 Å². The molecular weight excluding hydrogens is 564 g/mol. The minimum atomic E-state index is -1.03. The summed E-state index contributed by atoms with van der Waals surface area (Å²) in [7, 11) is 1.59. The van der Waals surface area contributed by atoms with Crippen molar-refractivity contribution in [3.05, 3.63) is 59.7 Å². The Morgan fingerprint density at radius 2 is 1.66 bits per heavy atom. The van der Waals surface area contributed by atoms with Crippen LogP contribution in [0.4, 0.5) is 10.5 Å². The number of benzene rings is 2. The maximum Gasteiger partial charge on any atom is 0.411 e. The van der Waals surface area contributed by atoms with Gasteiger partial charge >= 0.3 is 12.1 Å². The highest BCUT2D eigenvalue weighted by molar-refractivity contribution is 6.01. The lowest BCUT2D eigenvalue weighted by Crippen LogP contribution is -2.59. The molecule has 2 aromatic carbocycles. The first-order valence-electron chi connectivity index (χ1n) is 15.2. The molecule has 2 saturated heterocycles. The fourth-order valence-electron chi connectivity index (χ4n) is 5.48. The highest BCUT2D eigenvalue weighted by atomic mass is 16.6. The van der Waals surface area contributed by atoms with Gasteiger partial charge in [-0.2, -0.15) is 0 Å². The summed E-state index contributed by atoms with van der Waals surface area (Å²) in [5.74, 6) is -0.696. The average Bonchev–Trinajstić information content (AvgIpc) is 2.99. The number of carbonyl (C=O) groups excluding carboxylic acids is 3. The Morgan fingerprint density at radius 3 is 2.30 bits per heavy atom. The van der Waals surface area contributed by atoms with E-state index in [9.17, 15) is 24.3 Å². The quantitative estimate of drug-likeness (QED) is 0.286. The van der Waals surface area contributed by atoms with E-state index in [4.69, 9.17) is 9.47 Å². The van der Waals surface area contributed by atoms with E-state index in [2.05, 4.69) is 10.2 Å². The smallest absolute Gasteiger partial charge is 0.411 e. The molecule has 0 spiro atoms. The second kappa shape index (κ2) is 14.6. The first-order valence-corrected chi connectivity index (χ1v) is 15.2. The van der Waals surface area contributed by atoms with Gasteiger partial charge in [0.15, 0.2) is 0 Å². The standard InChI is InChI=1S/C33H44N4O7/c1-33(2,3)44-32(42)36-20-19-35(22-28(36)31(40)41)18-6-5-7-23-8-12-25(13-9-23)34-27-16-17-29(38)37(30(27)39)21-24-10-14-26(43-4)15-11-24/h8-15,27-28,34H,5-7,16-22H2,1-4H3,(H,40,41)/t27?,28-/m0/s1. The summed E-state index contributed by atoms with van der Waals surface area (Å²) in [5.41, 5.74) is 2.18. The number of carbonyl (C=O) groups is 4. The summed E-state index contributed by atoms with van der Waals surface area (Å²) in [4.78, 5) is 54.8. The minimum Gasteiger partial charge on any atom is -0.497 e. The number of hydrogen-bond donors (Lipinski definition) is 2. The zero-order chi connectivity index (χ0) is 31.9. The van der Waals surface area contributed by atoms with E-state index in [1.807, 2.05) is 48.5 Å². The molecule has 2 atom stereocenters. The van der Waals surface area contributed by atoms with Crippen molar-refractivity contribution in [3.8, 4) is 5.75 Å². The van der Waals surface area contributed by atoms with E-state index in [1.165, 1.54) is 15.4 Å². The summed E-state index contributed by atoms with van der Waals surface area (Å²) in [6.45, 7) is 7.47. The number of aliphatic carboxylic acids is 1. The largest absolute Gasteiger partial charge is 0.497 e. The Kier molecular flexibility index (Phi) is 10.9. The predicted molar refractivity (Wildman–Crippen MR) is 165 cm³/mol. The molecule has 11 nitrogen and oxygen atoms in total. The summed E-state index contributed by atoms with van der Waals surface area (Å²) in [6, 6.07) is 13.9. The van der Waals surface area contributed by atoms with Crippen LogP contribution >= 0.6 is 0 Å². The van der Waals surface area contributed by atoms with Gasteiger partial charge in [0.2, 0.25) is 5.91 Å². The summed E-state index contributed by atoms with van der Waals surface area (Å²) in [6.07, 6.45) is 2.87. The lowest BCUT2D eigenvalue weighted by Gasteiger charge is -2.39. The van der Waals surface area contributed by atoms with Crippen molar-refractivity contribution in [1.29, 1.82) is 0 Å². The topological polar surface area (TPSA) is 129 Å². The number of aryl methyl sites for hydroxylation is 1. The van der Waals surface area contributed by atoms with E-state index in [0.717, 1.165) is 42.8 Å². The van der Waals surface area contributed by atoms with Crippen molar-refractivity contribution in [2.24, 2.45) is 0 Å². The Morgan fingerprint density at radius 1 is 0.977 bits per heavy atom. The predicted octanol–water partition coefficient (Wildman–Crippen LogP) is 4.15. The van der Waals surface area contributed by atoms with Gasteiger partial charge in [-0.3, -0.25) is 24.3 Å². The van der Waals surface area contributed by atoms with Crippen molar-refractivity contribution >= 4 is 29.6 Å². The number of piperazine rings is 1. The van der Waals surface area contributed by atoms with Crippen molar-refractivity contribution in [2.75, 3.05) is 38.6 Å². The molecule has 4 rings (SSSR count). The molecule has 11 heteroatoms. The maximum absolute atomic E-state index is 13.2. The molecule has 0 bridgehead atoms. The van der Waals surface area contributed by atoms with E-state index in [-0.39, 0.29) is 24.9 Å². The first kappa shape index (κ1) is 32.8. The van der Waals surface area contributed by atoms with E-state index in [0.29, 0.717) is 25.9 Å². The van der Waals surface area contributed by atoms with Crippen molar-refractivity contribution in [3.63, 3.8) is 0 Å². The Labute approximate surface area is 259 Å². The number of hydrogen-bond acceptors (Lipinski definition) is 8. The number of amides is 3. The lowest BCUT2D eigenvalue weighted by atomic mass is 10.0. The van der Waals surface area contributed by atoms with Gasteiger partial charge in [-0.05, 0) is 88.4 Å². The molecule has 1 unspecified atom stereocenters. The number of piperidine rings is 1. The van der Waals surface area contributed by atoms with Crippen molar-refractivity contribution in [2.45, 2.75) is 77.1 Å². The number of carboxylic acid groups (broad SMARTS) is 1. The van der Waals surface area contributed by atoms with Crippen molar-refractivity contribution in [1.82, 2.24) is 14.7 Å². The van der Waals surface area contributed by atoms with E-state index < -0.39 is 29.7 Å². The number of nitrogens with one attached hydrogen (secondary N) is 1. The molecule has 0 radical (unpaired) electrons. The Hall–Kier alpha value is -4.12. The first-order chi connectivity index (χ1) is 20.9. The van der Waals surface area contributed by atoms with Gasteiger partial charge in [0.25, 0.3) is 5.91 Å². The summed E-state index contributed by atoms with van der Waals surface area (Å²) >= 11 is 0. The minimum absolute atomic E-state index is 0.164. The Bertz CT molecular complexity index is 1310. The second-order valence-electron chi connectivity index (χ2n) is 12.4. The number of carboxylic acids is 1. The van der Waals surface area contributed by atoms with E-state index >= 15 is 0 Å². The normalized spacial score (nSPS) is 19.5. The monoisotopic (exact) mass is 608 g/mol. The molecule has 2 aromatic rings. The van der Waals surface area contributed by atoms with Crippen molar-refractivity contribution < 1.29 is 33.8 Å². The SMILES string of the molecule is COc1ccc(CN2C(=O)CCC(Nc3ccc(CCCCN4CCN(C(=O)OC(C)(C)C)[C@H](C(=O)O)C4)cc3)C2=O)cc1. The number of unbranched alkanes of at least 4 members (excludes halogenated alkanes) is 1. The third-order valence-corrected chi connectivity index (χ3v) is 7.87. The maximum atomic E-state index is 13.2. The molecule has 0 aliphatic carbocycles. The molecule has 2 fully saturated rings. The number of methoxy groups -OCH3 is 1. The van der Waals surface area contributed by atoms with Gasteiger partial charge in [0.05, 0.1) is 13.7 Å². The fourth-order valence-corrected chi connectivity index (χ4v) is 5.48. The highest BCUT2D eigenvalue weighted by Crippen LogP contribution is 2.22. The summed E-state index contributed by atoms with van der Waals surface area (Å²) < 4.78 is 10.6. The fraction of sp³-hybridized carbons (Fsp3) is 0.515. The molecule has 2 heterocycles. The molecule has 0 aromatic heterocycles. The number of rotatable bonds is 11. The van der Waals surface area contributed by atoms with Gasteiger partial charge in [-0.25, -0.2) is 9.59 Å². The molecular formula is C33H44N4O7. The van der Waals surface area contributed by atoms with Crippen LogP contribution in [0.2, 0.25) is 0 Å².